The monoisotopic (exact) mass is 663 g/mol. The number of carbonyl (C=O) groups excluding carboxylic acids is 2. The minimum atomic E-state index is -0.511. The lowest BCUT2D eigenvalue weighted by Gasteiger charge is -2.11. The van der Waals surface area contributed by atoms with Crippen LogP contribution in [0, 0.1) is 6.92 Å². The molecule has 194 valence electrons. The Balaban J connectivity index is 1.45. The fraction of sp³-hybridized carbons (Fsp3) is 0.0333. The van der Waals surface area contributed by atoms with Gasteiger partial charge in [-0.1, -0.05) is 87.7 Å². The molecule has 0 aliphatic heterocycles. The van der Waals surface area contributed by atoms with Crippen LogP contribution in [0.2, 0.25) is 5.02 Å². The van der Waals surface area contributed by atoms with Crippen LogP contribution in [-0.4, -0.2) is 23.1 Å². The number of benzene rings is 4. The van der Waals surface area contributed by atoms with Crippen LogP contribution in [0.3, 0.4) is 0 Å². The molecule has 0 aliphatic carbocycles. The van der Waals surface area contributed by atoms with Crippen molar-refractivity contribution in [3.63, 3.8) is 0 Å². The number of nitrogens with zero attached hydrogens (tertiary/aromatic N) is 1. The number of hydrogen-bond acceptors (Lipinski definition) is 4. The molecule has 5 rings (SSSR count). The highest BCUT2D eigenvalue weighted by atomic mass is 79.9. The number of fused-ring (bicyclic) bond motifs is 1. The largest absolute Gasteiger partial charge is 0.421 e. The molecular weight excluding hydrogens is 646 g/mol. The number of hydrogen-bond donors (Lipinski definition) is 2. The van der Waals surface area contributed by atoms with Gasteiger partial charge in [0.05, 0.1) is 26.8 Å². The molecule has 0 saturated heterocycles. The Labute approximate surface area is 246 Å². The highest BCUT2D eigenvalue weighted by Crippen LogP contribution is 2.36. The first-order chi connectivity index (χ1) is 18.8. The normalized spacial score (nSPS) is 11.2. The molecule has 0 atom stereocenters. The van der Waals surface area contributed by atoms with Crippen LogP contribution >= 0.6 is 43.5 Å². The first kappa shape index (κ1) is 26.9. The molecule has 0 saturated carbocycles. The number of halogens is 3. The molecule has 1 amide bonds. The molecule has 0 spiro atoms. The summed E-state index contributed by atoms with van der Waals surface area (Å²) < 4.78 is 6.99. The molecular formula is C30H20Br2ClN3O3. The van der Waals surface area contributed by atoms with E-state index in [1.807, 2.05) is 55.5 Å². The number of nitrogens with one attached hydrogen (secondary N) is 2. The minimum Gasteiger partial charge on any atom is -0.421 e. The first-order valence-corrected chi connectivity index (χ1v) is 13.7. The Morgan fingerprint density at radius 2 is 1.74 bits per heavy atom. The molecule has 0 fully saturated rings. The van der Waals surface area contributed by atoms with E-state index >= 15 is 0 Å². The summed E-state index contributed by atoms with van der Waals surface area (Å²) in [6.07, 6.45) is 1.42. The van der Waals surface area contributed by atoms with Gasteiger partial charge < -0.3 is 9.72 Å². The fourth-order valence-corrected chi connectivity index (χ4v) is 5.74. The third kappa shape index (κ3) is 5.83. The molecule has 9 heteroatoms. The molecule has 1 heterocycles. The second kappa shape index (κ2) is 11.6. The lowest BCUT2D eigenvalue weighted by molar-refractivity contribution is 0.0732. The predicted octanol–water partition coefficient (Wildman–Crippen LogP) is 8.30. The lowest BCUT2D eigenvalue weighted by Crippen LogP contribution is -2.19. The third-order valence-corrected chi connectivity index (χ3v) is 7.29. The van der Waals surface area contributed by atoms with Crippen molar-refractivity contribution >= 4 is 72.5 Å². The number of aromatic amines is 1. The molecule has 0 aliphatic rings. The third-order valence-electron chi connectivity index (χ3n) is 5.93. The number of esters is 1. The summed E-state index contributed by atoms with van der Waals surface area (Å²) in [5, 5.41) is 5.50. The van der Waals surface area contributed by atoms with E-state index in [-0.39, 0.29) is 5.75 Å². The topological polar surface area (TPSA) is 83.5 Å². The maximum Gasteiger partial charge on any atom is 0.343 e. The van der Waals surface area contributed by atoms with Gasteiger partial charge in [-0.2, -0.15) is 5.10 Å². The highest BCUT2D eigenvalue weighted by molar-refractivity contribution is 9.11. The van der Waals surface area contributed by atoms with Crippen molar-refractivity contribution in [1.82, 2.24) is 10.4 Å². The van der Waals surface area contributed by atoms with Crippen LogP contribution in [-0.2, 0) is 0 Å². The van der Waals surface area contributed by atoms with Gasteiger partial charge in [-0.25, -0.2) is 10.2 Å². The maximum atomic E-state index is 13.3. The molecule has 0 unspecified atom stereocenters. The van der Waals surface area contributed by atoms with E-state index in [1.165, 1.54) is 6.21 Å². The summed E-state index contributed by atoms with van der Waals surface area (Å²) >= 11 is 13.3. The van der Waals surface area contributed by atoms with Gasteiger partial charge in [-0.15, -0.1) is 0 Å². The van der Waals surface area contributed by atoms with Gasteiger partial charge >= 0.3 is 5.97 Å². The van der Waals surface area contributed by atoms with Crippen molar-refractivity contribution in [2.24, 2.45) is 5.10 Å². The van der Waals surface area contributed by atoms with Crippen molar-refractivity contribution in [3.05, 3.63) is 121 Å². The molecule has 5 aromatic rings. The van der Waals surface area contributed by atoms with Gasteiger partial charge in [0.2, 0.25) is 0 Å². The Hall–Kier alpha value is -3.72. The Morgan fingerprint density at radius 1 is 0.974 bits per heavy atom. The Kier molecular flexibility index (Phi) is 7.97. The van der Waals surface area contributed by atoms with E-state index < -0.39 is 11.9 Å². The summed E-state index contributed by atoms with van der Waals surface area (Å²) in [7, 11) is 0. The fourth-order valence-electron chi connectivity index (χ4n) is 4.18. The predicted molar refractivity (Wildman–Crippen MR) is 162 cm³/mol. The van der Waals surface area contributed by atoms with Crippen LogP contribution in [0.5, 0.6) is 5.75 Å². The molecule has 0 radical (unpaired) electrons. The number of carbonyl (C=O) groups is 2. The van der Waals surface area contributed by atoms with Crippen molar-refractivity contribution in [2.45, 2.75) is 6.92 Å². The van der Waals surface area contributed by atoms with Gasteiger partial charge in [0.25, 0.3) is 5.91 Å². The molecule has 1 aromatic heterocycles. The SMILES string of the molecule is Cc1cccc(C(=O)Oc2c(Br)cc(Br)cc2C=NNC(=O)c2[nH]c3c(Cl)cccc3c2-c2ccccc2)c1. The number of H-pyrrole nitrogens is 1. The molecule has 4 aromatic carbocycles. The minimum absolute atomic E-state index is 0.269. The van der Waals surface area contributed by atoms with Crippen LogP contribution in [0.15, 0.2) is 99.0 Å². The van der Waals surface area contributed by atoms with Crippen LogP contribution < -0.4 is 10.2 Å². The van der Waals surface area contributed by atoms with Gasteiger partial charge in [0.1, 0.15) is 5.69 Å². The lowest BCUT2D eigenvalue weighted by atomic mass is 10.0. The number of aryl methyl sites for hydroxylation is 1. The van der Waals surface area contributed by atoms with Crippen LogP contribution in [0.4, 0.5) is 0 Å². The average Bonchev–Trinajstić information content (AvgIpc) is 3.32. The number of aromatic nitrogens is 1. The summed E-state index contributed by atoms with van der Waals surface area (Å²) in [6, 6.07) is 25.7. The zero-order chi connectivity index (χ0) is 27.5. The van der Waals surface area contributed by atoms with E-state index in [1.54, 1.807) is 36.4 Å². The summed E-state index contributed by atoms with van der Waals surface area (Å²) in [5.74, 6) is -0.697. The molecule has 39 heavy (non-hydrogen) atoms. The van der Waals surface area contributed by atoms with Crippen LogP contribution in [0.25, 0.3) is 22.0 Å². The standard InChI is InChI=1S/C30H20Br2ClN3O3/c1-17-7-5-10-19(13-17)30(38)39-28-20(14-21(31)15-23(28)32)16-34-36-29(37)27-25(18-8-3-2-4-9-18)22-11-6-12-24(33)26(22)35-27/h2-16,35H,1H3,(H,36,37). The molecule has 2 N–H and O–H groups in total. The zero-order valence-electron chi connectivity index (χ0n) is 20.5. The van der Waals surface area contributed by atoms with E-state index in [0.29, 0.717) is 31.8 Å². The van der Waals surface area contributed by atoms with Crippen molar-refractivity contribution in [2.75, 3.05) is 0 Å². The summed E-state index contributed by atoms with van der Waals surface area (Å²) in [6.45, 7) is 1.90. The summed E-state index contributed by atoms with van der Waals surface area (Å²) in [5.41, 5.74) is 6.99. The van der Waals surface area contributed by atoms with Crippen molar-refractivity contribution < 1.29 is 14.3 Å². The average molecular weight is 666 g/mol. The smallest absolute Gasteiger partial charge is 0.343 e. The number of amides is 1. The highest BCUT2D eigenvalue weighted by Gasteiger charge is 2.20. The van der Waals surface area contributed by atoms with Crippen molar-refractivity contribution in [1.29, 1.82) is 0 Å². The Bertz CT molecular complexity index is 1750. The number of rotatable bonds is 6. The Morgan fingerprint density at radius 3 is 2.51 bits per heavy atom. The van der Waals surface area contributed by atoms with E-state index in [9.17, 15) is 9.59 Å². The van der Waals surface area contributed by atoms with Crippen molar-refractivity contribution in [3.8, 4) is 16.9 Å². The van der Waals surface area contributed by atoms with Gasteiger partial charge in [0, 0.05) is 21.0 Å². The second-order valence-corrected chi connectivity index (χ2v) is 10.8. The van der Waals surface area contributed by atoms with Crippen LogP contribution in [0.1, 0.15) is 32.0 Å². The number of hydrazone groups is 1. The molecule has 0 bridgehead atoms. The zero-order valence-corrected chi connectivity index (χ0v) is 24.4. The number of ether oxygens (including phenoxy) is 1. The van der Waals surface area contributed by atoms with Gasteiger partial charge in [-0.05, 0) is 58.7 Å². The molecule has 6 nitrogen and oxygen atoms in total. The van der Waals surface area contributed by atoms with Gasteiger partial charge in [-0.3, -0.25) is 4.79 Å². The summed E-state index contributed by atoms with van der Waals surface area (Å²) in [4.78, 5) is 29.3. The second-order valence-electron chi connectivity index (χ2n) is 8.67. The van der Waals surface area contributed by atoms with E-state index in [2.05, 4.69) is 47.4 Å². The van der Waals surface area contributed by atoms with E-state index in [4.69, 9.17) is 16.3 Å². The quantitative estimate of drug-likeness (QED) is 0.0829. The maximum absolute atomic E-state index is 13.3. The first-order valence-electron chi connectivity index (χ1n) is 11.8. The number of para-hydroxylation sites is 1. The van der Waals surface area contributed by atoms with Gasteiger partial charge in [0.15, 0.2) is 5.75 Å². The van der Waals surface area contributed by atoms with E-state index in [0.717, 1.165) is 26.5 Å².